The van der Waals surface area contributed by atoms with Gasteiger partial charge in [-0.05, 0) is 42.5 Å². The van der Waals surface area contributed by atoms with E-state index in [-0.39, 0.29) is 5.56 Å². The molecule has 4 nitrogen and oxygen atoms in total. The lowest BCUT2D eigenvalue weighted by atomic mass is 10.2. The molecule has 2 aromatic carbocycles. The highest BCUT2D eigenvalue weighted by Crippen LogP contribution is 2.26. The fraction of sp³-hybridized carbons (Fsp3) is 0.0667. The van der Waals surface area contributed by atoms with Crippen LogP contribution in [0.25, 0.3) is 16.6 Å². The molecular weight excluding hydrogens is 308 g/mol. The third kappa shape index (κ3) is 2.34. The normalized spacial score (nSPS) is 10.8. The Bertz CT molecular complexity index is 946. The van der Waals surface area contributed by atoms with Crippen molar-refractivity contribution >= 4 is 34.7 Å². The fourth-order valence-corrected chi connectivity index (χ4v) is 2.68. The Hall–Kier alpha value is -2.11. The molecule has 0 spiro atoms. The van der Waals surface area contributed by atoms with Crippen molar-refractivity contribution in [2.45, 2.75) is 0 Å². The molecule has 0 bridgehead atoms. The van der Waals surface area contributed by atoms with Gasteiger partial charge in [-0.25, -0.2) is 4.57 Å². The van der Waals surface area contributed by atoms with Crippen LogP contribution in [0.1, 0.15) is 0 Å². The zero-order valence-corrected chi connectivity index (χ0v) is 12.7. The van der Waals surface area contributed by atoms with Crippen LogP contribution in [0.5, 0.6) is 5.75 Å². The predicted octanol–water partition coefficient (Wildman–Crippen LogP) is 3.71. The first-order chi connectivity index (χ1) is 10.1. The Labute approximate surface area is 130 Å². The van der Waals surface area contributed by atoms with E-state index in [4.69, 9.17) is 28.6 Å². The lowest BCUT2D eigenvalue weighted by molar-refractivity contribution is 0.412. The van der Waals surface area contributed by atoms with Crippen LogP contribution in [0.2, 0.25) is 5.02 Å². The molecule has 0 aliphatic heterocycles. The number of aromatic nitrogens is 2. The number of para-hydroxylation sites is 1. The molecule has 3 aromatic rings. The van der Waals surface area contributed by atoms with Gasteiger partial charge in [-0.1, -0.05) is 23.7 Å². The molecule has 1 heterocycles. The smallest absolute Gasteiger partial charge is 0.266 e. The summed E-state index contributed by atoms with van der Waals surface area (Å²) in [5, 5.41) is 1.05. The summed E-state index contributed by atoms with van der Waals surface area (Å²) < 4.78 is 6.98. The van der Waals surface area contributed by atoms with Gasteiger partial charge in [0, 0.05) is 5.02 Å². The van der Waals surface area contributed by atoms with Crippen molar-refractivity contribution in [2.24, 2.45) is 0 Å². The SMILES string of the molecule is COc1ccc(Cl)cc1-n1c(=S)[nH]c2ccccc2c1=O. The topological polar surface area (TPSA) is 47.0 Å². The summed E-state index contributed by atoms with van der Waals surface area (Å²) in [6.07, 6.45) is 0. The van der Waals surface area contributed by atoms with Crippen LogP contribution in [-0.4, -0.2) is 16.7 Å². The number of rotatable bonds is 2. The quantitative estimate of drug-likeness (QED) is 0.733. The van der Waals surface area contributed by atoms with Crippen LogP contribution in [-0.2, 0) is 0 Å². The minimum atomic E-state index is -0.213. The van der Waals surface area contributed by atoms with Gasteiger partial charge in [0.05, 0.1) is 23.7 Å². The zero-order valence-electron chi connectivity index (χ0n) is 11.1. The molecule has 106 valence electrons. The molecule has 6 heteroatoms. The lowest BCUT2D eigenvalue weighted by Gasteiger charge is -2.12. The molecule has 21 heavy (non-hydrogen) atoms. The number of fused-ring (bicyclic) bond motifs is 1. The summed E-state index contributed by atoms with van der Waals surface area (Å²) in [4.78, 5) is 15.8. The molecule has 0 amide bonds. The molecule has 1 aromatic heterocycles. The van der Waals surface area contributed by atoms with Crippen LogP contribution in [0.4, 0.5) is 0 Å². The number of aromatic amines is 1. The molecule has 0 fully saturated rings. The minimum Gasteiger partial charge on any atom is -0.495 e. The average Bonchev–Trinajstić information content (AvgIpc) is 2.47. The summed E-state index contributed by atoms with van der Waals surface area (Å²) >= 11 is 11.3. The van der Waals surface area contributed by atoms with Gasteiger partial charge in [0.1, 0.15) is 5.75 Å². The van der Waals surface area contributed by atoms with Crippen molar-refractivity contribution in [3.8, 4) is 11.4 Å². The summed E-state index contributed by atoms with van der Waals surface area (Å²) in [7, 11) is 1.53. The van der Waals surface area contributed by atoms with Crippen LogP contribution in [0.15, 0.2) is 47.3 Å². The molecule has 0 atom stereocenters. The number of hydrogen-bond acceptors (Lipinski definition) is 3. The number of benzene rings is 2. The highest BCUT2D eigenvalue weighted by atomic mass is 35.5. The number of nitrogens with one attached hydrogen (secondary N) is 1. The van der Waals surface area contributed by atoms with E-state index in [0.29, 0.717) is 32.1 Å². The van der Waals surface area contributed by atoms with Crippen molar-refractivity contribution in [1.82, 2.24) is 9.55 Å². The summed E-state index contributed by atoms with van der Waals surface area (Å²) in [5.74, 6) is 0.524. The molecule has 0 radical (unpaired) electrons. The Kier molecular flexibility index (Phi) is 3.53. The molecule has 0 saturated carbocycles. The molecular formula is C15H11ClN2O2S. The van der Waals surface area contributed by atoms with Crippen molar-refractivity contribution in [3.63, 3.8) is 0 Å². The van der Waals surface area contributed by atoms with Crippen LogP contribution >= 0.6 is 23.8 Å². The van der Waals surface area contributed by atoms with Gasteiger partial charge in [-0.3, -0.25) is 4.79 Å². The maximum absolute atomic E-state index is 12.7. The number of halogens is 1. The summed E-state index contributed by atoms with van der Waals surface area (Å²) in [6, 6.07) is 12.3. The van der Waals surface area contributed by atoms with Crippen LogP contribution in [0.3, 0.4) is 0 Å². The fourth-order valence-electron chi connectivity index (χ4n) is 2.22. The van der Waals surface area contributed by atoms with E-state index in [1.54, 1.807) is 30.3 Å². The predicted molar refractivity (Wildman–Crippen MR) is 86.3 cm³/mol. The second-order valence-electron chi connectivity index (χ2n) is 4.43. The maximum atomic E-state index is 12.7. The Morgan fingerprint density at radius 2 is 2.00 bits per heavy atom. The Morgan fingerprint density at radius 1 is 1.24 bits per heavy atom. The third-order valence-electron chi connectivity index (χ3n) is 3.19. The number of nitrogens with zero attached hydrogens (tertiary/aromatic N) is 1. The average molecular weight is 319 g/mol. The first-order valence-corrected chi connectivity index (χ1v) is 6.98. The number of ether oxygens (including phenoxy) is 1. The molecule has 0 saturated heterocycles. The van der Waals surface area contributed by atoms with Crippen molar-refractivity contribution in [2.75, 3.05) is 7.11 Å². The minimum absolute atomic E-state index is 0.213. The van der Waals surface area contributed by atoms with E-state index in [1.165, 1.54) is 11.7 Å². The maximum Gasteiger partial charge on any atom is 0.266 e. The van der Waals surface area contributed by atoms with Gasteiger partial charge in [0.25, 0.3) is 5.56 Å². The molecule has 1 N–H and O–H groups in total. The van der Waals surface area contributed by atoms with Gasteiger partial charge in [-0.2, -0.15) is 0 Å². The Morgan fingerprint density at radius 3 is 2.76 bits per heavy atom. The first kappa shape index (κ1) is 13.9. The monoisotopic (exact) mass is 318 g/mol. The van der Waals surface area contributed by atoms with E-state index >= 15 is 0 Å². The third-order valence-corrected chi connectivity index (χ3v) is 3.71. The van der Waals surface area contributed by atoms with Crippen molar-refractivity contribution in [1.29, 1.82) is 0 Å². The molecule has 3 rings (SSSR count). The highest BCUT2D eigenvalue weighted by Gasteiger charge is 2.12. The van der Waals surface area contributed by atoms with Gasteiger partial charge in [0.15, 0.2) is 4.77 Å². The second kappa shape index (κ2) is 5.35. The van der Waals surface area contributed by atoms with Crippen molar-refractivity contribution in [3.05, 3.63) is 62.6 Å². The van der Waals surface area contributed by atoms with Crippen molar-refractivity contribution < 1.29 is 4.74 Å². The largest absolute Gasteiger partial charge is 0.495 e. The molecule has 0 unspecified atom stereocenters. The van der Waals surface area contributed by atoms with Crippen LogP contribution < -0.4 is 10.3 Å². The van der Waals surface area contributed by atoms with Crippen LogP contribution in [0, 0.1) is 4.77 Å². The molecule has 0 aliphatic carbocycles. The van der Waals surface area contributed by atoms with Gasteiger partial charge < -0.3 is 9.72 Å². The van der Waals surface area contributed by atoms with E-state index in [0.717, 1.165) is 0 Å². The summed E-state index contributed by atoms with van der Waals surface area (Å²) in [5.41, 5.74) is 1.00. The van der Waals surface area contributed by atoms with E-state index in [1.807, 2.05) is 12.1 Å². The van der Waals surface area contributed by atoms with E-state index < -0.39 is 0 Å². The Balaban J connectivity index is 2.44. The molecule has 0 aliphatic rings. The van der Waals surface area contributed by atoms with E-state index in [2.05, 4.69) is 4.98 Å². The summed E-state index contributed by atoms with van der Waals surface area (Å²) in [6.45, 7) is 0. The van der Waals surface area contributed by atoms with E-state index in [9.17, 15) is 4.79 Å². The zero-order chi connectivity index (χ0) is 15.0. The standard InChI is InChI=1S/C15H11ClN2O2S/c1-20-13-7-6-9(16)8-12(13)18-14(19)10-4-2-3-5-11(10)17-15(18)21/h2-8H,1H3,(H,17,21). The highest BCUT2D eigenvalue weighted by molar-refractivity contribution is 7.71. The first-order valence-electron chi connectivity index (χ1n) is 6.20. The van der Waals surface area contributed by atoms with Gasteiger partial charge in [0.2, 0.25) is 0 Å². The van der Waals surface area contributed by atoms with Gasteiger partial charge >= 0.3 is 0 Å². The second-order valence-corrected chi connectivity index (χ2v) is 5.26. The lowest BCUT2D eigenvalue weighted by Crippen LogP contribution is -2.21. The van der Waals surface area contributed by atoms with Gasteiger partial charge in [-0.15, -0.1) is 0 Å². The number of hydrogen-bond donors (Lipinski definition) is 1. The number of H-pyrrole nitrogens is 1. The number of methoxy groups -OCH3 is 1.